The molecule has 1 aliphatic rings. The summed E-state index contributed by atoms with van der Waals surface area (Å²) >= 11 is 3.95. The summed E-state index contributed by atoms with van der Waals surface area (Å²) in [5.41, 5.74) is 4.87. The van der Waals surface area contributed by atoms with E-state index in [1.54, 1.807) is 0 Å². The highest BCUT2D eigenvalue weighted by Crippen LogP contribution is 2.41. The SMILES string of the molecule is CCc1c(C)nc(C2SCCSC2C)nc1NN. The van der Waals surface area contributed by atoms with E-state index in [1.165, 1.54) is 11.5 Å². The summed E-state index contributed by atoms with van der Waals surface area (Å²) in [6.07, 6.45) is 0.897. The number of nitrogens with one attached hydrogen (secondary N) is 1. The molecule has 0 saturated carbocycles. The normalized spacial score (nSPS) is 24.0. The standard InChI is InChI=1S/C12H20N4S2/c1-4-9-7(2)14-12(15-11(9)16-13)10-8(3)17-5-6-18-10/h8,10H,4-6,13H2,1-3H3,(H,14,15,16). The van der Waals surface area contributed by atoms with Crippen molar-refractivity contribution >= 4 is 29.3 Å². The molecular formula is C12H20N4S2. The first-order valence-corrected chi connectivity index (χ1v) is 8.34. The second-order valence-electron chi connectivity index (χ2n) is 4.36. The van der Waals surface area contributed by atoms with Gasteiger partial charge in [0.1, 0.15) is 11.6 Å². The predicted octanol–water partition coefficient (Wildman–Crippen LogP) is 2.54. The molecule has 4 nitrogen and oxygen atoms in total. The number of hydrogen-bond donors (Lipinski definition) is 2. The van der Waals surface area contributed by atoms with Crippen LogP contribution in [0.2, 0.25) is 0 Å². The number of hydrogen-bond acceptors (Lipinski definition) is 6. The van der Waals surface area contributed by atoms with E-state index >= 15 is 0 Å². The molecule has 100 valence electrons. The third-order valence-corrected chi connectivity index (χ3v) is 6.25. The molecule has 0 amide bonds. The molecule has 6 heteroatoms. The molecule has 0 aromatic carbocycles. The fourth-order valence-corrected chi connectivity index (χ4v) is 4.89. The van der Waals surface area contributed by atoms with Crippen molar-refractivity contribution in [2.24, 2.45) is 5.84 Å². The second-order valence-corrected chi connectivity index (χ2v) is 7.09. The van der Waals surface area contributed by atoms with Gasteiger partial charge in [0.25, 0.3) is 0 Å². The van der Waals surface area contributed by atoms with Crippen LogP contribution in [0.15, 0.2) is 0 Å². The van der Waals surface area contributed by atoms with Crippen LogP contribution in [0.5, 0.6) is 0 Å². The first-order valence-electron chi connectivity index (χ1n) is 6.24. The number of nitrogen functional groups attached to an aromatic ring is 1. The number of thioether (sulfide) groups is 2. The first-order chi connectivity index (χ1) is 8.67. The smallest absolute Gasteiger partial charge is 0.147 e. The van der Waals surface area contributed by atoms with Crippen molar-refractivity contribution in [3.8, 4) is 0 Å². The van der Waals surface area contributed by atoms with Gasteiger partial charge in [0, 0.05) is 28.0 Å². The van der Waals surface area contributed by atoms with Gasteiger partial charge in [0.05, 0.1) is 5.25 Å². The maximum Gasteiger partial charge on any atom is 0.147 e. The number of hydrazine groups is 1. The van der Waals surface area contributed by atoms with Crippen LogP contribution in [-0.4, -0.2) is 26.7 Å². The van der Waals surface area contributed by atoms with Crippen LogP contribution in [0, 0.1) is 6.92 Å². The molecule has 0 spiro atoms. The third kappa shape index (κ3) is 2.75. The molecule has 2 atom stereocenters. The van der Waals surface area contributed by atoms with E-state index in [9.17, 15) is 0 Å². The van der Waals surface area contributed by atoms with Gasteiger partial charge in [0.15, 0.2) is 0 Å². The largest absolute Gasteiger partial charge is 0.308 e. The highest BCUT2D eigenvalue weighted by atomic mass is 32.2. The summed E-state index contributed by atoms with van der Waals surface area (Å²) in [6.45, 7) is 6.39. The lowest BCUT2D eigenvalue weighted by molar-refractivity contribution is 0.805. The minimum absolute atomic E-state index is 0.375. The molecule has 1 fully saturated rings. The van der Waals surface area contributed by atoms with Gasteiger partial charge in [-0.25, -0.2) is 15.8 Å². The van der Waals surface area contributed by atoms with Crippen molar-refractivity contribution in [1.29, 1.82) is 0 Å². The zero-order valence-corrected chi connectivity index (χ0v) is 12.7. The zero-order chi connectivity index (χ0) is 13.1. The van der Waals surface area contributed by atoms with Gasteiger partial charge in [-0.1, -0.05) is 13.8 Å². The number of aryl methyl sites for hydroxylation is 1. The monoisotopic (exact) mass is 284 g/mol. The van der Waals surface area contributed by atoms with Crippen molar-refractivity contribution in [3.63, 3.8) is 0 Å². The van der Waals surface area contributed by atoms with Gasteiger partial charge in [-0.15, -0.1) is 11.8 Å². The minimum atomic E-state index is 0.375. The number of anilines is 1. The summed E-state index contributed by atoms with van der Waals surface area (Å²) < 4.78 is 0. The molecule has 0 aliphatic carbocycles. The Balaban J connectivity index is 2.36. The molecule has 2 rings (SSSR count). The Kier molecular flexibility index (Phi) is 4.75. The molecule has 18 heavy (non-hydrogen) atoms. The fourth-order valence-electron chi connectivity index (χ4n) is 2.20. The van der Waals surface area contributed by atoms with E-state index in [1.807, 2.05) is 30.4 Å². The quantitative estimate of drug-likeness (QED) is 0.657. The molecule has 0 radical (unpaired) electrons. The molecule has 2 unspecified atom stereocenters. The summed E-state index contributed by atoms with van der Waals surface area (Å²) in [7, 11) is 0. The fraction of sp³-hybridized carbons (Fsp3) is 0.667. The number of nitrogens with two attached hydrogens (primary N) is 1. The summed E-state index contributed by atoms with van der Waals surface area (Å²) in [4.78, 5) is 9.30. The van der Waals surface area contributed by atoms with Crippen molar-refractivity contribution in [2.75, 3.05) is 16.9 Å². The lowest BCUT2D eigenvalue weighted by atomic mass is 10.1. The average Bonchev–Trinajstić information content (AvgIpc) is 2.38. The van der Waals surface area contributed by atoms with E-state index in [-0.39, 0.29) is 0 Å². The van der Waals surface area contributed by atoms with Crippen molar-refractivity contribution < 1.29 is 0 Å². The second kappa shape index (κ2) is 6.12. The molecular weight excluding hydrogens is 264 g/mol. The van der Waals surface area contributed by atoms with Crippen LogP contribution in [0.1, 0.15) is 36.2 Å². The van der Waals surface area contributed by atoms with Crippen LogP contribution in [-0.2, 0) is 6.42 Å². The van der Waals surface area contributed by atoms with Crippen molar-refractivity contribution in [1.82, 2.24) is 9.97 Å². The van der Waals surface area contributed by atoms with E-state index in [0.717, 1.165) is 29.3 Å². The Bertz CT molecular complexity index is 425. The first kappa shape index (κ1) is 14.0. The topological polar surface area (TPSA) is 63.8 Å². The van der Waals surface area contributed by atoms with E-state index in [2.05, 4.69) is 29.2 Å². The van der Waals surface area contributed by atoms with E-state index < -0.39 is 0 Å². The van der Waals surface area contributed by atoms with Gasteiger partial charge in [-0.3, -0.25) is 0 Å². The van der Waals surface area contributed by atoms with Gasteiger partial charge >= 0.3 is 0 Å². The minimum Gasteiger partial charge on any atom is -0.308 e. The summed E-state index contributed by atoms with van der Waals surface area (Å²) in [5.74, 6) is 9.66. The van der Waals surface area contributed by atoms with Crippen LogP contribution in [0.3, 0.4) is 0 Å². The Morgan fingerprint density at radius 2 is 2.06 bits per heavy atom. The highest BCUT2D eigenvalue weighted by Gasteiger charge is 2.27. The molecule has 1 aromatic heterocycles. The number of nitrogens with zero attached hydrogens (tertiary/aromatic N) is 2. The number of aromatic nitrogens is 2. The molecule has 1 saturated heterocycles. The molecule has 3 N–H and O–H groups in total. The van der Waals surface area contributed by atoms with Crippen LogP contribution in [0.25, 0.3) is 0 Å². The zero-order valence-electron chi connectivity index (χ0n) is 11.1. The van der Waals surface area contributed by atoms with Crippen LogP contribution < -0.4 is 11.3 Å². The van der Waals surface area contributed by atoms with Crippen molar-refractivity contribution in [3.05, 3.63) is 17.1 Å². The Morgan fingerprint density at radius 3 is 2.67 bits per heavy atom. The van der Waals surface area contributed by atoms with Crippen LogP contribution >= 0.6 is 23.5 Å². The van der Waals surface area contributed by atoms with Gasteiger partial charge in [0.2, 0.25) is 0 Å². The van der Waals surface area contributed by atoms with Gasteiger partial charge < -0.3 is 5.43 Å². The molecule has 0 bridgehead atoms. The lowest BCUT2D eigenvalue weighted by Crippen LogP contribution is -2.21. The third-order valence-electron chi connectivity index (χ3n) is 3.16. The Labute approximate surface area is 117 Å². The van der Waals surface area contributed by atoms with Gasteiger partial charge in [-0.05, 0) is 13.3 Å². The Morgan fingerprint density at radius 1 is 1.33 bits per heavy atom. The van der Waals surface area contributed by atoms with E-state index in [0.29, 0.717) is 10.5 Å². The lowest BCUT2D eigenvalue weighted by Gasteiger charge is -2.27. The van der Waals surface area contributed by atoms with E-state index in [4.69, 9.17) is 5.84 Å². The predicted molar refractivity (Wildman–Crippen MR) is 81.1 cm³/mol. The van der Waals surface area contributed by atoms with Crippen LogP contribution in [0.4, 0.5) is 5.82 Å². The summed E-state index contributed by atoms with van der Waals surface area (Å²) in [5, 5.41) is 0.932. The Hall–Kier alpha value is -0.460. The maximum atomic E-state index is 5.58. The molecule has 1 aliphatic heterocycles. The summed E-state index contributed by atoms with van der Waals surface area (Å²) in [6, 6.07) is 0. The van der Waals surface area contributed by atoms with Gasteiger partial charge in [-0.2, -0.15) is 11.8 Å². The molecule has 2 heterocycles. The average molecular weight is 284 g/mol. The highest BCUT2D eigenvalue weighted by molar-refractivity contribution is 8.06. The maximum absolute atomic E-state index is 5.58. The number of rotatable bonds is 3. The van der Waals surface area contributed by atoms with Crippen molar-refractivity contribution in [2.45, 2.75) is 37.7 Å². The molecule has 1 aromatic rings.